The third-order valence-corrected chi connectivity index (χ3v) is 0.909. The van der Waals surface area contributed by atoms with Crippen LogP contribution < -0.4 is 5.32 Å². The number of hydrogen-bond donors (Lipinski definition) is 2. The Bertz CT molecular complexity index is 166. The Balaban J connectivity index is -0.000000180. The second-order valence-electron chi connectivity index (χ2n) is 3.28. The molecule has 0 atom stereocenters. The molecule has 0 amide bonds. The average Bonchev–Trinajstić information content (AvgIpc) is 1.81. The van der Waals surface area contributed by atoms with Crippen molar-refractivity contribution >= 4 is 18.4 Å². The Morgan fingerprint density at radius 1 is 1.13 bits per heavy atom. The fourth-order valence-corrected chi connectivity index (χ4v) is 0.667. The number of carbonyl (C=O) groups is 1. The third kappa shape index (κ3) is 19.8. The molecular formula is C8H17ClF3NO2. The maximum atomic E-state index is 10.6. The van der Waals surface area contributed by atoms with E-state index in [0.29, 0.717) is 12.1 Å². The van der Waals surface area contributed by atoms with Crippen molar-refractivity contribution in [2.24, 2.45) is 0 Å². The van der Waals surface area contributed by atoms with Crippen molar-refractivity contribution in [2.75, 3.05) is 0 Å². The van der Waals surface area contributed by atoms with Gasteiger partial charge in [-0.25, -0.2) is 4.79 Å². The Labute approximate surface area is 93.5 Å². The highest BCUT2D eigenvalue weighted by atomic mass is 35.5. The molecule has 0 saturated carbocycles. The maximum absolute atomic E-state index is 10.6. The van der Waals surface area contributed by atoms with Crippen molar-refractivity contribution < 1.29 is 23.1 Å². The van der Waals surface area contributed by atoms with Gasteiger partial charge in [-0.3, -0.25) is 0 Å². The van der Waals surface area contributed by atoms with Crippen LogP contribution in [0.25, 0.3) is 0 Å². The van der Waals surface area contributed by atoms with Gasteiger partial charge in [0.1, 0.15) is 0 Å². The van der Waals surface area contributed by atoms with Crippen LogP contribution in [0.3, 0.4) is 0 Å². The normalized spacial score (nSPS) is 10.5. The van der Waals surface area contributed by atoms with E-state index in [9.17, 15) is 13.2 Å². The number of nitrogens with one attached hydrogen (secondary N) is 1. The van der Waals surface area contributed by atoms with E-state index >= 15 is 0 Å². The van der Waals surface area contributed by atoms with Crippen LogP contribution in [0.4, 0.5) is 13.2 Å². The van der Waals surface area contributed by atoms with E-state index in [2.05, 4.69) is 33.0 Å². The molecule has 0 aromatic heterocycles. The predicted octanol–water partition coefficient (Wildman–Crippen LogP) is 2.45. The molecule has 0 fully saturated rings. The first-order chi connectivity index (χ1) is 6.07. The molecule has 0 aliphatic rings. The summed E-state index contributed by atoms with van der Waals surface area (Å²) in [6, 6.07) is 1.25. The average molecular weight is 252 g/mol. The summed E-state index contributed by atoms with van der Waals surface area (Å²) in [5.41, 5.74) is 0. The molecule has 0 radical (unpaired) electrons. The molecule has 0 saturated heterocycles. The maximum Gasteiger partial charge on any atom is 0.490 e. The summed E-state index contributed by atoms with van der Waals surface area (Å²) >= 11 is 0. The zero-order valence-corrected chi connectivity index (χ0v) is 9.87. The summed E-state index contributed by atoms with van der Waals surface area (Å²) in [5, 5.41) is 10.4. The molecule has 0 heterocycles. The molecule has 0 aromatic carbocycles. The fourth-order valence-electron chi connectivity index (χ4n) is 0.667. The number of halogens is 4. The zero-order chi connectivity index (χ0) is 11.9. The number of carboxylic acid groups (broad SMARTS) is 1. The van der Waals surface area contributed by atoms with Crippen LogP contribution in [0.2, 0.25) is 0 Å². The minimum Gasteiger partial charge on any atom is -0.475 e. The minimum absolute atomic E-state index is 0. The number of rotatable bonds is 2. The topological polar surface area (TPSA) is 49.3 Å². The fraction of sp³-hybridized carbons (Fsp3) is 0.875. The van der Waals surface area contributed by atoms with Crippen LogP contribution in [0, 0.1) is 0 Å². The highest BCUT2D eigenvalue weighted by Gasteiger charge is 2.38. The first-order valence-electron chi connectivity index (χ1n) is 4.13. The minimum atomic E-state index is -5.08. The monoisotopic (exact) mass is 251 g/mol. The van der Waals surface area contributed by atoms with Gasteiger partial charge in [0, 0.05) is 12.1 Å². The van der Waals surface area contributed by atoms with Crippen molar-refractivity contribution in [3.8, 4) is 0 Å². The van der Waals surface area contributed by atoms with Gasteiger partial charge >= 0.3 is 12.1 Å². The molecule has 94 valence electrons. The van der Waals surface area contributed by atoms with E-state index in [4.69, 9.17) is 9.90 Å². The largest absolute Gasteiger partial charge is 0.490 e. The lowest BCUT2D eigenvalue weighted by Crippen LogP contribution is -2.29. The summed E-state index contributed by atoms with van der Waals surface area (Å²) < 4.78 is 31.7. The van der Waals surface area contributed by atoms with E-state index < -0.39 is 12.1 Å². The van der Waals surface area contributed by atoms with Crippen molar-refractivity contribution in [3.05, 3.63) is 0 Å². The van der Waals surface area contributed by atoms with Crippen LogP contribution in [0.5, 0.6) is 0 Å². The van der Waals surface area contributed by atoms with Crippen molar-refractivity contribution in [2.45, 2.75) is 46.0 Å². The van der Waals surface area contributed by atoms with Crippen molar-refractivity contribution in [1.82, 2.24) is 5.32 Å². The summed E-state index contributed by atoms with van der Waals surface area (Å²) in [6.07, 6.45) is -5.08. The molecule has 0 spiro atoms. The molecule has 2 N–H and O–H groups in total. The Morgan fingerprint density at radius 2 is 1.33 bits per heavy atom. The van der Waals surface area contributed by atoms with E-state index in [0.717, 1.165) is 0 Å². The third-order valence-electron chi connectivity index (χ3n) is 0.909. The summed E-state index contributed by atoms with van der Waals surface area (Å²) in [6.45, 7) is 8.61. The SMILES string of the molecule is CC(C)NC(C)C.Cl.O=C(O)C(F)(F)F. The van der Waals surface area contributed by atoms with Crippen LogP contribution in [-0.4, -0.2) is 29.3 Å². The second kappa shape index (κ2) is 8.79. The van der Waals surface area contributed by atoms with Gasteiger partial charge in [0.25, 0.3) is 0 Å². The number of hydrogen-bond acceptors (Lipinski definition) is 2. The van der Waals surface area contributed by atoms with Gasteiger partial charge in [-0.15, -0.1) is 12.4 Å². The number of aliphatic carboxylic acids is 1. The Kier molecular flexibility index (Phi) is 11.7. The van der Waals surface area contributed by atoms with Crippen LogP contribution in [0.1, 0.15) is 27.7 Å². The van der Waals surface area contributed by atoms with E-state index in [1.54, 1.807) is 0 Å². The Hall–Kier alpha value is -0.490. The van der Waals surface area contributed by atoms with Gasteiger partial charge in [-0.2, -0.15) is 13.2 Å². The van der Waals surface area contributed by atoms with Gasteiger partial charge in [-0.1, -0.05) is 27.7 Å². The molecule has 15 heavy (non-hydrogen) atoms. The van der Waals surface area contributed by atoms with Crippen LogP contribution in [-0.2, 0) is 4.79 Å². The predicted molar refractivity (Wildman–Crippen MR) is 54.3 cm³/mol. The first kappa shape index (κ1) is 20.0. The van der Waals surface area contributed by atoms with Gasteiger partial charge in [-0.05, 0) is 0 Å². The molecule has 0 aliphatic carbocycles. The quantitative estimate of drug-likeness (QED) is 0.793. The van der Waals surface area contributed by atoms with Gasteiger partial charge in [0.2, 0.25) is 0 Å². The summed E-state index contributed by atoms with van der Waals surface area (Å²) in [7, 11) is 0. The molecule has 7 heteroatoms. The molecule has 0 aromatic rings. The second-order valence-corrected chi connectivity index (χ2v) is 3.28. The zero-order valence-electron chi connectivity index (χ0n) is 9.05. The lowest BCUT2D eigenvalue weighted by molar-refractivity contribution is -0.192. The highest BCUT2D eigenvalue weighted by molar-refractivity contribution is 5.85. The molecule has 0 aliphatic heterocycles. The summed E-state index contributed by atoms with van der Waals surface area (Å²) in [4.78, 5) is 8.90. The van der Waals surface area contributed by atoms with E-state index in [1.807, 2.05) is 0 Å². The molecule has 0 unspecified atom stereocenters. The van der Waals surface area contributed by atoms with Crippen LogP contribution in [0.15, 0.2) is 0 Å². The smallest absolute Gasteiger partial charge is 0.475 e. The summed E-state index contributed by atoms with van der Waals surface area (Å²) in [5.74, 6) is -2.76. The van der Waals surface area contributed by atoms with Gasteiger partial charge in [0.15, 0.2) is 0 Å². The highest BCUT2D eigenvalue weighted by Crippen LogP contribution is 2.13. The van der Waals surface area contributed by atoms with Crippen molar-refractivity contribution in [3.63, 3.8) is 0 Å². The molecular weight excluding hydrogens is 235 g/mol. The Morgan fingerprint density at radius 3 is 1.33 bits per heavy atom. The van der Waals surface area contributed by atoms with Crippen molar-refractivity contribution in [1.29, 1.82) is 0 Å². The van der Waals surface area contributed by atoms with Gasteiger partial charge in [0.05, 0.1) is 0 Å². The van der Waals surface area contributed by atoms with E-state index in [-0.39, 0.29) is 12.4 Å². The number of alkyl halides is 3. The van der Waals surface area contributed by atoms with E-state index in [1.165, 1.54) is 0 Å². The van der Waals surface area contributed by atoms with Gasteiger partial charge < -0.3 is 10.4 Å². The van der Waals surface area contributed by atoms with Crippen LogP contribution >= 0.6 is 12.4 Å². The number of carboxylic acids is 1. The lowest BCUT2D eigenvalue weighted by atomic mass is 10.3. The lowest BCUT2D eigenvalue weighted by Gasteiger charge is -2.10. The molecule has 0 bridgehead atoms. The first-order valence-corrected chi connectivity index (χ1v) is 4.13. The molecule has 3 nitrogen and oxygen atoms in total. The molecule has 0 rings (SSSR count). The standard InChI is InChI=1S/C6H15N.C2HF3O2.ClH/c1-5(2)7-6(3)4;3-2(4,5)1(6)7;/h5-7H,1-4H3;(H,6,7);1H.